The summed E-state index contributed by atoms with van der Waals surface area (Å²) in [5, 5.41) is 2.99. The third kappa shape index (κ3) is 10.5. The molecule has 0 aliphatic heterocycles. The Morgan fingerprint density at radius 2 is 1.77 bits per heavy atom. The summed E-state index contributed by atoms with van der Waals surface area (Å²) in [4.78, 5) is 14.5. The van der Waals surface area contributed by atoms with E-state index >= 15 is 0 Å². The van der Waals surface area contributed by atoms with E-state index in [-0.39, 0.29) is 23.0 Å². The molecule has 0 unspecified atom stereocenters. The number of amides is 1. The standard InChI is InChI=1S/C21H29N2O.C5H5.Fe/c1-3-16-23(20-13-11-18(4-2)12-14-20)17-8-7-15-22-21(24)19-9-5-6-10-19;1-2-4-5-3-1;/h2,5-6,9-11,20H,3,7-8,12-17H2,1H3,(H,22,24);1-5H;/q;;+2/t20-;;/m0../s1. The number of terminal acetylenes is 1. The van der Waals surface area contributed by atoms with Crippen LogP contribution in [0.2, 0.25) is 0 Å². The molecule has 3 rings (SSSR count). The van der Waals surface area contributed by atoms with Crippen LogP contribution < -0.4 is 5.32 Å². The smallest absolute Gasteiger partial charge is 0.356 e. The summed E-state index contributed by atoms with van der Waals surface area (Å²) in [5.74, 6) is 3.56. The molecule has 0 aromatic rings. The third-order valence-electron chi connectivity index (χ3n) is 5.23. The van der Waals surface area contributed by atoms with E-state index in [0.29, 0.717) is 6.04 Å². The van der Waals surface area contributed by atoms with E-state index in [1.165, 1.54) is 12.8 Å². The van der Waals surface area contributed by atoms with Crippen molar-refractivity contribution in [3.05, 3.63) is 75.4 Å². The van der Waals surface area contributed by atoms with Crippen LogP contribution in [0.25, 0.3) is 0 Å². The Morgan fingerprint density at radius 1 is 1.10 bits per heavy atom. The number of unbranched alkanes of at least 4 members (excludes halogenated alkanes) is 1. The summed E-state index contributed by atoms with van der Waals surface area (Å²) >= 11 is 0. The molecule has 3 aliphatic rings. The van der Waals surface area contributed by atoms with Gasteiger partial charge in [0.15, 0.2) is 0 Å². The minimum absolute atomic E-state index is 0. The van der Waals surface area contributed by atoms with Crippen LogP contribution in [-0.2, 0) is 21.9 Å². The number of nitrogens with zero attached hydrogens (tertiary/aromatic N) is 1. The second kappa shape index (κ2) is 16.9. The van der Waals surface area contributed by atoms with Gasteiger partial charge in [-0.1, -0.05) is 18.9 Å². The number of carbonyl (C=O) groups excluding carboxylic acids is 1. The monoisotopic (exact) mass is 446 g/mol. The normalized spacial score (nSPS) is 21.2. The average Bonchev–Trinajstić information content (AvgIpc) is 3.49. The van der Waals surface area contributed by atoms with Crippen molar-refractivity contribution >= 4 is 5.91 Å². The summed E-state index contributed by atoms with van der Waals surface area (Å²) in [6.07, 6.45) is 31.8. The van der Waals surface area contributed by atoms with Gasteiger partial charge in [-0.15, -0.1) is 6.42 Å². The van der Waals surface area contributed by atoms with Crippen LogP contribution in [0.5, 0.6) is 0 Å². The minimum Gasteiger partial charge on any atom is -0.356 e. The van der Waals surface area contributed by atoms with Crippen LogP contribution in [0, 0.1) is 76.0 Å². The molecule has 0 spiro atoms. The van der Waals surface area contributed by atoms with Crippen LogP contribution in [0.4, 0.5) is 0 Å². The Balaban J connectivity index is 0.000000655. The van der Waals surface area contributed by atoms with Crippen molar-refractivity contribution in [3.8, 4) is 12.3 Å². The number of hydrogen-bond acceptors (Lipinski definition) is 2. The van der Waals surface area contributed by atoms with Crippen molar-refractivity contribution in [1.29, 1.82) is 0 Å². The van der Waals surface area contributed by atoms with E-state index < -0.39 is 0 Å². The Kier molecular flexibility index (Phi) is 15.4. The Labute approximate surface area is 196 Å². The number of carbonyl (C=O) groups is 1. The van der Waals surface area contributed by atoms with E-state index in [4.69, 9.17) is 6.42 Å². The molecule has 160 valence electrons. The molecule has 30 heavy (non-hydrogen) atoms. The fourth-order valence-corrected chi connectivity index (χ4v) is 3.64. The Bertz CT molecular complexity index is 522. The summed E-state index contributed by atoms with van der Waals surface area (Å²) in [7, 11) is 0. The van der Waals surface area contributed by atoms with Gasteiger partial charge in [-0.3, -0.25) is 4.79 Å². The molecule has 0 saturated heterocycles. The van der Waals surface area contributed by atoms with E-state index in [1.54, 1.807) is 0 Å². The molecule has 2 saturated carbocycles. The van der Waals surface area contributed by atoms with Gasteiger partial charge in [0.2, 0.25) is 5.91 Å². The molecule has 0 aromatic heterocycles. The molecular weight excluding hydrogens is 412 g/mol. The molecular formula is C26H34FeN2O+2. The van der Waals surface area contributed by atoms with Gasteiger partial charge in [0, 0.05) is 12.6 Å². The molecule has 4 heteroatoms. The summed E-state index contributed by atoms with van der Waals surface area (Å²) in [6, 6.07) is 0.626. The predicted octanol–water partition coefficient (Wildman–Crippen LogP) is 4.13. The quantitative estimate of drug-likeness (QED) is 0.328. The van der Waals surface area contributed by atoms with Gasteiger partial charge < -0.3 is 10.2 Å². The summed E-state index contributed by atoms with van der Waals surface area (Å²) < 4.78 is 0. The number of nitrogens with one attached hydrogen (secondary N) is 1. The summed E-state index contributed by atoms with van der Waals surface area (Å²) in [5.41, 5.74) is 1.16. The molecule has 1 atom stereocenters. The van der Waals surface area contributed by atoms with Crippen molar-refractivity contribution in [2.24, 2.45) is 0 Å². The molecule has 10 radical (unpaired) electrons. The molecule has 0 heterocycles. The molecule has 3 aliphatic carbocycles. The Hall–Kier alpha value is -0.751. The summed E-state index contributed by atoms with van der Waals surface area (Å²) in [6.45, 7) is 5.22. The zero-order chi connectivity index (χ0) is 20.7. The van der Waals surface area contributed by atoms with Crippen molar-refractivity contribution in [3.63, 3.8) is 0 Å². The van der Waals surface area contributed by atoms with Gasteiger partial charge in [-0.25, -0.2) is 0 Å². The molecule has 1 amide bonds. The van der Waals surface area contributed by atoms with E-state index in [9.17, 15) is 4.79 Å². The zero-order valence-electron chi connectivity index (χ0n) is 18.0. The predicted molar refractivity (Wildman–Crippen MR) is 121 cm³/mol. The maximum Gasteiger partial charge on any atom is 2.00 e. The van der Waals surface area contributed by atoms with Gasteiger partial charge in [-0.05, 0) is 115 Å². The van der Waals surface area contributed by atoms with E-state index in [0.717, 1.165) is 56.8 Å². The van der Waals surface area contributed by atoms with Crippen LogP contribution in [0.15, 0.2) is 11.6 Å². The van der Waals surface area contributed by atoms with Gasteiger partial charge in [0.1, 0.15) is 0 Å². The van der Waals surface area contributed by atoms with Gasteiger partial charge in [0.05, 0.1) is 5.92 Å². The van der Waals surface area contributed by atoms with Crippen LogP contribution in [0.1, 0.15) is 45.4 Å². The maximum atomic E-state index is 11.9. The van der Waals surface area contributed by atoms with Crippen molar-refractivity contribution in [2.45, 2.75) is 51.5 Å². The molecule has 0 bridgehead atoms. The van der Waals surface area contributed by atoms with Crippen LogP contribution >= 0.6 is 0 Å². The molecule has 1 N–H and O–H groups in total. The van der Waals surface area contributed by atoms with Crippen LogP contribution in [-0.4, -0.2) is 36.5 Å². The largest absolute Gasteiger partial charge is 2.00 e. The minimum atomic E-state index is 0. The first-order chi connectivity index (χ1) is 14.2. The zero-order valence-corrected chi connectivity index (χ0v) is 19.1. The van der Waals surface area contributed by atoms with Crippen molar-refractivity contribution in [2.75, 3.05) is 19.6 Å². The van der Waals surface area contributed by atoms with Crippen molar-refractivity contribution in [1.82, 2.24) is 10.2 Å². The second-order valence-electron chi connectivity index (χ2n) is 7.44. The Morgan fingerprint density at radius 3 is 2.30 bits per heavy atom. The molecule has 3 nitrogen and oxygen atoms in total. The topological polar surface area (TPSA) is 32.3 Å². The first-order valence-corrected chi connectivity index (χ1v) is 10.8. The fourth-order valence-electron chi connectivity index (χ4n) is 3.64. The van der Waals surface area contributed by atoms with E-state index in [1.807, 2.05) is 57.8 Å². The third-order valence-corrected chi connectivity index (χ3v) is 5.23. The second-order valence-corrected chi connectivity index (χ2v) is 7.44. The van der Waals surface area contributed by atoms with Crippen molar-refractivity contribution < 1.29 is 21.9 Å². The first kappa shape index (κ1) is 27.3. The average molecular weight is 446 g/mol. The SMILES string of the molecule is C#CC1=CC[C@H](N(CCC)CCCCNC(=O)[C]2[CH][CH][CH][CH]2)CC1.[CH]1[CH][CH][CH][CH]1.[Fe+2]. The van der Waals surface area contributed by atoms with Gasteiger partial charge in [0.25, 0.3) is 0 Å². The fraction of sp³-hybridized carbons (Fsp3) is 0.423. The first-order valence-electron chi connectivity index (χ1n) is 10.8. The number of allylic oxidation sites excluding steroid dienone is 1. The van der Waals surface area contributed by atoms with Crippen LogP contribution in [0.3, 0.4) is 0 Å². The maximum absolute atomic E-state index is 11.9. The number of rotatable bonds is 9. The molecule has 0 aromatic carbocycles. The van der Waals surface area contributed by atoms with Gasteiger partial charge in [-0.2, -0.15) is 0 Å². The number of hydrogen-bond donors (Lipinski definition) is 1. The van der Waals surface area contributed by atoms with Gasteiger partial charge >= 0.3 is 17.1 Å². The van der Waals surface area contributed by atoms with E-state index in [2.05, 4.69) is 29.1 Å². The molecule has 2 fully saturated rings.